The minimum Gasteiger partial charge on any atom is -0.481 e. The number of ether oxygens (including phenoxy) is 1. The Kier molecular flexibility index (Phi) is 5.50. The molecule has 1 aromatic rings. The van der Waals surface area contributed by atoms with Crippen LogP contribution in [0.1, 0.15) is 29.8 Å². The Balaban J connectivity index is 2.57. The number of carboxylic acids is 1. The average molecular weight is 251 g/mol. The molecule has 1 N–H and O–H groups in total. The largest absolute Gasteiger partial charge is 0.481 e. The predicted octanol–water partition coefficient (Wildman–Crippen LogP) is 1.06. The second-order valence-corrected chi connectivity index (χ2v) is 3.63. The molecule has 6 heteroatoms. The highest BCUT2D eigenvalue weighted by Crippen LogP contribution is 2.10. The molecule has 1 heterocycles. The molecule has 0 aliphatic carbocycles. The van der Waals surface area contributed by atoms with Crippen molar-refractivity contribution in [3.8, 4) is 0 Å². The SMILES string of the molecule is O=CO[C@H](CCC(=O)O)CC(=O)c1ccccn1. The molecule has 0 saturated carbocycles. The van der Waals surface area contributed by atoms with Gasteiger partial charge in [-0.15, -0.1) is 0 Å². The van der Waals surface area contributed by atoms with E-state index in [4.69, 9.17) is 9.84 Å². The number of carbonyl (C=O) groups is 3. The Morgan fingerprint density at radius 2 is 2.22 bits per heavy atom. The first-order valence-electron chi connectivity index (χ1n) is 5.38. The molecular weight excluding hydrogens is 238 g/mol. The number of ketones is 1. The molecule has 0 fully saturated rings. The van der Waals surface area contributed by atoms with Gasteiger partial charge in [-0.05, 0) is 18.6 Å². The van der Waals surface area contributed by atoms with E-state index < -0.39 is 12.1 Å². The molecule has 0 amide bonds. The van der Waals surface area contributed by atoms with Gasteiger partial charge in [-0.1, -0.05) is 6.07 Å². The molecular formula is C12H13NO5. The Hall–Kier alpha value is -2.24. The Morgan fingerprint density at radius 1 is 1.44 bits per heavy atom. The van der Waals surface area contributed by atoms with E-state index in [1.165, 1.54) is 6.20 Å². The highest BCUT2D eigenvalue weighted by atomic mass is 16.5. The summed E-state index contributed by atoms with van der Waals surface area (Å²) in [6.45, 7) is 0.220. The van der Waals surface area contributed by atoms with Crippen LogP contribution in [0.4, 0.5) is 0 Å². The fourth-order valence-corrected chi connectivity index (χ4v) is 1.42. The molecule has 0 spiro atoms. The number of rotatable bonds is 8. The average Bonchev–Trinajstić information content (AvgIpc) is 2.37. The van der Waals surface area contributed by atoms with Crippen LogP contribution in [-0.4, -0.2) is 34.4 Å². The van der Waals surface area contributed by atoms with Crippen LogP contribution in [0.5, 0.6) is 0 Å². The van der Waals surface area contributed by atoms with E-state index in [9.17, 15) is 14.4 Å². The van der Waals surface area contributed by atoms with Crippen LogP contribution >= 0.6 is 0 Å². The monoisotopic (exact) mass is 251 g/mol. The summed E-state index contributed by atoms with van der Waals surface area (Å²) in [5.74, 6) is -1.28. The van der Waals surface area contributed by atoms with E-state index in [1.807, 2.05) is 0 Å². The number of pyridine rings is 1. The lowest BCUT2D eigenvalue weighted by atomic mass is 10.1. The molecule has 0 radical (unpaired) electrons. The number of hydrogen-bond acceptors (Lipinski definition) is 5. The standard InChI is InChI=1S/C12H13NO5/c14-8-18-9(4-5-12(16)17)7-11(15)10-3-1-2-6-13-10/h1-3,6,8-9H,4-5,7H2,(H,16,17)/t9-/m1/s1. The Morgan fingerprint density at radius 3 is 2.78 bits per heavy atom. The maximum Gasteiger partial charge on any atom is 0.303 e. The third kappa shape index (κ3) is 4.73. The summed E-state index contributed by atoms with van der Waals surface area (Å²) in [6, 6.07) is 4.91. The summed E-state index contributed by atoms with van der Waals surface area (Å²) in [5, 5.41) is 8.54. The lowest BCUT2D eigenvalue weighted by Crippen LogP contribution is -2.19. The van der Waals surface area contributed by atoms with Crippen molar-refractivity contribution in [3.05, 3.63) is 30.1 Å². The number of aliphatic carboxylic acids is 1. The van der Waals surface area contributed by atoms with E-state index in [2.05, 4.69) is 4.98 Å². The molecule has 1 atom stereocenters. The van der Waals surface area contributed by atoms with Gasteiger partial charge in [0, 0.05) is 19.0 Å². The molecule has 1 aromatic heterocycles. The maximum atomic E-state index is 11.8. The lowest BCUT2D eigenvalue weighted by Gasteiger charge is -2.12. The van der Waals surface area contributed by atoms with Crippen molar-refractivity contribution in [2.75, 3.05) is 0 Å². The van der Waals surface area contributed by atoms with Gasteiger partial charge in [0.1, 0.15) is 11.8 Å². The zero-order valence-corrected chi connectivity index (χ0v) is 9.61. The predicted molar refractivity (Wildman–Crippen MR) is 61.0 cm³/mol. The summed E-state index contributed by atoms with van der Waals surface area (Å²) < 4.78 is 4.69. The molecule has 96 valence electrons. The van der Waals surface area contributed by atoms with Gasteiger partial charge in [-0.2, -0.15) is 0 Å². The second-order valence-electron chi connectivity index (χ2n) is 3.63. The number of carboxylic acid groups (broad SMARTS) is 1. The Bertz CT molecular complexity index is 418. The van der Waals surface area contributed by atoms with Crippen LogP contribution in [0.15, 0.2) is 24.4 Å². The van der Waals surface area contributed by atoms with Crippen LogP contribution < -0.4 is 0 Å². The van der Waals surface area contributed by atoms with E-state index in [-0.39, 0.29) is 37.2 Å². The quantitative estimate of drug-likeness (QED) is 0.548. The molecule has 0 bridgehead atoms. The van der Waals surface area contributed by atoms with Gasteiger partial charge in [-0.25, -0.2) is 0 Å². The smallest absolute Gasteiger partial charge is 0.303 e. The van der Waals surface area contributed by atoms with Crippen molar-refractivity contribution in [2.45, 2.75) is 25.4 Å². The first kappa shape index (κ1) is 13.8. The topological polar surface area (TPSA) is 93.6 Å². The van der Waals surface area contributed by atoms with Crippen molar-refractivity contribution in [1.82, 2.24) is 4.98 Å². The third-order valence-electron chi connectivity index (χ3n) is 2.29. The first-order valence-corrected chi connectivity index (χ1v) is 5.38. The fourth-order valence-electron chi connectivity index (χ4n) is 1.42. The summed E-state index contributed by atoms with van der Waals surface area (Å²) >= 11 is 0. The van der Waals surface area contributed by atoms with Crippen molar-refractivity contribution in [2.24, 2.45) is 0 Å². The van der Waals surface area contributed by atoms with Crippen molar-refractivity contribution >= 4 is 18.2 Å². The lowest BCUT2D eigenvalue weighted by molar-refractivity contribution is -0.140. The molecule has 0 aromatic carbocycles. The molecule has 1 rings (SSSR count). The van der Waals surface area contributed by atoms with Gasteiger partial charge in [0.2, 0.25) is 0 Å². The Labute approximate surface area is 104 Å². The van der Waals surface area contributed by atoms with E-state index in [0.29, 0.717) is 0 Å². The number of aromatic nitrogens is 1. The highest BCUT2D eigenvalue weighted by molar-refractivity contribution is 5.94. The highest BCUT2D eigenvalue weighted by Gasteiger charge is 2.18. The minimum atomic E-state index is -1.00. The third-order valence-corrected chi connectivity index (χ3v) is 2.29. The molecule has 6 nitrogen and oxygen atoms in total. The molecule has 0 saturated heterocycles. The molecule has 18 heavy (non-hydrogen) atoms. The maximum absolute atomic E-state index is 11.8. The van der Waals surface area contributed by atoms with Crippen LogP contribution in [0, 0.1) is 0 Å². The van der Waals surface area contributed by atoms with Crippen molar-refractivity contribution < 1.29 is 24.2 Å². The normalized spacial score (nSPS) is 11.6. The van der Waals surface area contributed by atoms with E-state index in [0.717, 1.165) is 0 Å². The molecule has 0 aliphatic rings. The number of carbonyl (C=O) groups excluding carboxylic acids is 2. The van der Waals surface area contributed by atoms with Crippen LogP contribution in [0.2, 0.25) is 0 Å². The number of Topliss-reactive ketones (excluding diaryl/α,β-unsaturated/α-hetero) is 1. The van der Waals surface area contributed by atoms with Gasteiger partial charge in [0.15, 0.2) is 5.78 Å². The minimum absolute atomic E-state index is 0.0664. The number of nitrogens with zero attached hydrogens (tertiary/aromatic N) is 1. The van der Waals surface area contributed by atoms with Crippen molar-refractivity contribution in [1.29, 1.82) is 0 Å². The van der Waals surface area contributed by atoms with Gasteiger partial charge in [-0.3, -0.25) is 19.4 Å². The van der Waals surface area contributed by atoms with E-state index in [1.54, 1.807) is 18.2 Å². The molecule has 0 aliphatic heterocycles. The van der Waals surface area contributed by atoms with E-state index >= 15 is 0 Å². The van der Waals surface area contributed by atoms with Crippen molar-refractivity contribution in [3.63, 3.8) is 0 Å². The van der Waals surface area contributed by atoms with Crippen LogP contribution in [-0.2, 0) is 14.3 Å². The van der Waals surface area contributed by atoms with Gasteiger partial charge >= 0.3 is 5.97 Å². The van der Waals surface area contributed by atoms with Gasteiger partial charge in [0.25, 0.3) is 6.47 Å². The van der Waals surface area contributed by atoms with Gasteiger partial charge < -0.3 is 9.84 Å². The van der Waals surface area contributed by atoms with Crippen LogP contribution in [0.3, 0.4) is 0 Å². The van der Waals surface area contributed by atoms with Crippen LogP contribution in [0.25, 0.3) is 0 Å². The summed E-state index contributed by atoms with van der Waals surface area (Å²) in [6.07, 6.45) is 0.636. The zero-order valence-electron chi connectivity index (χ0n) is 9.61. The molecule has 0 unspecified atom stereocenters. The summed E-state index contributed by atoms with van der Waals surface area (Å²) in [5.41, 5.74) is 0.271. The fraction of sp³-hybridized carbons (Fsp3) is 0.333. The summed E-state index contributed by atoms with van der Waals surface area (Å²) in [7, 11) is 0. The second kappa shape index (κ2) is 7.16. The number of hydrogen-bond donors (Lipinski definition) is 1. The first-order chi connectivity index (χ1) is 8.63. The van der Waals surface area contributed by atoms with Gasteiger partial charge in [0.05, 0.1) is 0 Å². The zero-order chi connectivity index (χ0) is 13.4. The summed E-state index contributed by atoms with van der Waals surface area (Å²) in [4.78, 5) is 36.4.